The number of ether oxygens (including phenoxy) is 2. The van der Waals surface area contributed by atoms with E-state index in [-0.39, 0.29) is 48.8 Å². The monoisotopic (exact) mass is 501 g/mol. The lowest BCUT2D eigenvalue weighted by Gasteiger charge is -2.37. The van der Waals surface area contributed by atoms with E-state index in [1.807, 2.05) is 6.92 Å². The Morgan fingerprint density at radius 1 is 1.29 bits per heavy atom. The molecule has 3 atom stereocenters. The molecule has 35 heavy (non-hydrogen) atoms. The molecule has 9 nitrogen and oxygen atoms in total. The molecule has 0 bridgehead atoms. The van der Waals surface area contributed by atoms with Crippen molar-refractivity contribution in [2.24, 2.45) is 5.92 Å². The Morgan fingerprint density at radius 3 is 2.54 bits per heavy atom. The standard InChI is InChI=1S/C25H31N3O6S/c1-17-13-28(18(2)15-29)35(31,32)24-10-9-21(20-7-5-19(12-26)6-8-20)11-22(24)34-23(17)14-27(3)25(30)16-33-4/h5-11,17-18,23,29H,13-16H2,1-4H3/t17-,18-,23+/m1/s1. The lowest BCUT2D eigenvalue weighted by atomic mass is 10.0. The zero-order valence-corrected chi connectivity index (χ0v) is 21.2. The summed E-state index contributed by atoms with van der Waals surface area (Å²) in [4.78, 5) is 13.8. The van der Waals surface area contributed by atoms with Gasteiger partial charge in [0.2, 0.25) is 15.9 Å². The van der Waals surface area contributed by atoms with E-state index < -0.39 is 22.2 Å². The highest BCUT2D eigenvalue weighted by molar-refractivity contribution is 7.89. The number of amides is 1. The summed E-state index contributed by atoms with van der Waals surface area (Å²) in [5.41, 5.74) is 2.04. The van der Waals surface area contributed by atoms with E-state index in [9.17, 15) is 18.3 Å². The number of fused-ring (bicyclic) bond motifs is 1. The molecule has 0 saturated carbocycles. The summed E-state index contributed by atoms with van der Waals surface area (Å²) in [6.07, 6.45) is -0.514. The average molecular weight is 502 g/mol. The van der Waals surface area contributed by atoms with Gasteiger partial charge in [-0.05, 0) is 42.3 Å². The van der Waals surface area contributed by atoms with Gasteiger partial charge in [0, 0.05) is 32.7 Å². The molecule has 2 aromatic carbocycles. The second kappa shape index (κ2) is 11.2. The Morgan fingerprint density at radius 2 is 1.94 bits per heavy atom. The lowest BCUT2D eigenvalue weighted by Crippen LogP contribution is -2.50. The topological polar surface area (TPSA) is 120 Å². The van der Waals surface area contributed by atoms with Crippen LogP contribution in [0.25, 0.3) is 11.1 Å². The number of nitriles is 1. The smallest absolute Gasteiger partial charge is 0.248 e. The second-order valence-electron chi connectivity index (χ2n) is 8.80. The molecule has 0 aliphatic carbocycles. The van der Waals surface area contributed by atoms with Gasteiger partial charge in [0.05, 0.1) is 24.8 Å². The lowest BCUT2D eigenvalue weighted by molar-refractivity contribution is -0.135. The summed E-state index contributed by atoms with van der Waals surface area (Å²) in [5, 5.41) is 18.8. The summed E-state index contributed by atoms with van der Waals surface area (Å²) in [6.45, 7) is 3.47. The molecule has 1 N–H and O–H groups in total. The molecular weight excluding hydrogens is 470 g/mol. The van der Waals surface area contributed by atoms with E-state index in [1.165, 1.54) is 22.4 Å². The van der Waals surface area contributed by atoms with E-state index in [1.54, 1.807) is 50.4 Å². The first-order chi connectivity index (χ1) is 16.6. The number of rotatable bonds is 7. The van der Waals surface area contributed by atoms with Gasteiger partial charge < -0.3 is 19.5 Å². The number of likely N-dealkylation sites (N-methyl/N-ethyl adjacent to an activating group) is 1. The van der Waals surface area contributed by atoms with Crippen molar-refractivity contribution in [1.82, 2.24) is 9.21 Å². The molecule has 10 heteroatoms. The number of carbonyl (C=O) groups is 1. The van der Waals surface area contributed by atoms with Crippen molar-refractivity contribution in [3.05, 3.63) is 48.0 Å². The first-order valence-corrected chi connectivity index (χ1v) is 12.7. The van der Waals surface area contributed by atoms with Crippen molar-refractivity contribution in [2.45, 2.75) is 30.9 Å². The van der Waals surface area contributed by atoms with E-state index in [0.29, 0.717) is 5.56 Å². The molecule has 0 radical (unpaired) electrons. The minimum atomic E-state index is -3.97. The molecule has 0 spiro atoms. The molecular formula is C25H31N3O6S. The van der Waals surface area contributed by atoms with Gasteiger partial charge >= 0.3 is 0 Å². The van der Waals surface area contributed by atoms with Crippen LogP contribution in [0.4, 0.5) is 0 Å². The minimum absolute atomic E-state index is 0.00188. The van der Waals surface area contributed by atoms with Crippen molar-refractivity contribution in [3.63, 3.8) is 0 Å². The van der Waals surface area contributed by atoms with Crippen LogP contribution >= 0.6 is 0 Å². The third-order valence-electron chi connectivity index (χ3n) is 6.16. The maximum atomic E-state index is 13.6. The summed E-state index contributed by atoms with van der Waals surface area (Å²) in [5.74, 6) is -0.334. The number of hydrogen-bond acceptors (Lipinski definition) is 7. The number of methoxy groups -OCH3 is 1. The van der Waals surface area contributed by atoms with Crippen LogP contribution in [0.1, 0.15) is 19.4 Å². The third kappa shape index (κ3) is 5.82. The molecule has 1 heterocycles. The highest BCUT2D eigenvalue weighted by atomic mass is 32.2. The number of sulfonamides is 1. The zero-order chi connectivity index (χ0) is 25.8. The second-order valence-corrected chi connectivity index (χ2v) is 10.7. The molecule has 188 valence electrons. The van der Waals surface area contributed by atoms with Crippen LogP contribution in [0.3, 0.4) is 0 Å². The quantitative estimate of drug-likeness (QED) is 0.617. The van der Waals surface area contributed by atoms with Crippen LogP contribution in [0.2, 0.25) is 0 Å². The van der Waals surface area contributed by atoms with Crippen LogP contribution in [0.5, 0.6) is 5.75 Å². The molecule has 3 rings (SSSR count). The van der Waals surface area contributed by atoms with Crippen LogP contribution in [-0.4, -0.2) is 81.2 Å². The van der Waals surface area contributed by atoms with Gasteiger partial charge in [-0.2, -0.15) is 9.57 Å². The number of hydrogen-bond donors (Lipinski definition) is 1. The zero-order valence-electron chi connectivity index (χ0n) is 20.3. The van der Waals surface area contributed by atoms with E-state index in [0.717, 1.165) is 11.1 Å². The first-order valence-electron chi connectivity index (χ1n) is 11.3. The van der Waals surface area contributed by atoms with Gasteiger partial charge in [0.25, 0.3) is 0 Å². The van der Waals surface area contributed by atoms with Crippen molar-refractivity contribution in [3.8, 4) is 22.9 Å². The molecule has 0 aromatic heterocycles. The summed E-state index contributed by atoms with van der Waals surface area (Å²) < 4.78 is 39.7. The molecule has 2 aromatic rings. The van der Waals surface area contributed by atoms with E-state index in [4.69, 9.17) is 14.7 Å². The number of carbonyl (C=O) groups excluding carboxylic acids is 1. The van der Waals surface area contributed by atoms with Crippen LogP contribution < -0.4 is 4.74 Å². The normalized spacial score (nSPS) is 20.5. The first kappa shape index (κ1) is 26.6. The van der Waals surface area contributed by atoms with Gasteiger partial charge in [0.1, 0.15) is 23.4 Å². The van der Waals surface area contributed by atoms with Gasteiger partial charge in [-0.15, -0.1) is 0 Å². The Labute approximate surface area is 206 Å². The fraction of sp³-hybridized carbons (Fsp3) is 0.440. The maximum absolute atomic E-state index is 13.6. The summed E-state index contributed by atoms with van der Waals surface area (Å²) in [7, 11) is -0.876. The van der Waals surface area contributed by atoms with Crippen molar-refractivity contribution in [2.75, 3.05) is 40.5 Å². The Hall–Kier alpha value is -2.97. The summed E-state index contributed by atoms with van der Waals surface area (Å²) >= 11 is 0. The highest BCUT2D eigenvalue weighted by Crippen LogP contribution is 2.36. The molecule has 0 unspecified atom stereocenters. The average Bonchev–Trinajstić information content (AvgIpc) is 2.85. The van der Waals surface area contributed by atoms with Gasteiger partial charge in [-0.1, -0.05) is 25.1 Å². The highest BCUT2D eigenvalue weighted by Gasteiger charge is 2.38. The summed E-state index contributed by atoms with van der Waals surface area (Å²) in [6, 6.07) is 13.3. The number of benzene rings is 2. The van der Waals surface area contributed by atoms with Gasteiger partial charge in [-0.25, -0.2) is 8.42 Å². The van der Waals surface area contributed by atoms with Crippen LogP contribution in [0, 0.1) is 17.2 Å². The predicted octanol–water partition coefficient (Wildman–Crippen LogP) is 2.10. The van der Waals surface area contributed by atoms with Gasteiger partial charge in [0.15, 0.2) is 0 Å². The van der Waals surface area contributed by atoms with Crippen molar-refractivity contribution >= 4 is 15.9 Å². The van der Waals surface area contributed by atoms with Crippen molar-refractivity contribution in [1.29, 1.82) is 5.26 Å². The van der Waals surface area contributed by atoms with Crippen LogP contribution in [-0.2, 0) is 19.6 Å². The molecule has 0 saturated heterocycles. The predicted molar refractivity (Wildman–Crippen MR) is 130 cm³/mol. The molecule has 1 amide bonds. The minimum Gasteiger partial charge on any atom is -0.487 e. The Balaban J connectivity index is 2.09. The number of aliphatic hydroxyl groups is 1. The van der Waals surface area contributed by atoms with E-state index in [2.05, 4.69) is 6.07 Å². The van der Waals surface area contributed by atoms with E-state index >= 15 is 0 Å². The Bertz CT molecular complexity index is 1190. The Kier molecular flexibility index (Phi) is 8.51. The fourth-order valence-electron chi connectivity index (χ4n) is 3.97. The van der Waals surface area contributed by atoms with Crippen molar-refractivity contribution < 1.29 is 27.8 Å². The number of aliphatic hydroxyl groups excluding tert-OH is 1. The van der Waals surface area contributed by atoms with Gasteiger partial charge in [-0.3, -0.25) is 4.79 Å². The maximum Gasteiger partial charge on any atom is 0.248 e. The fourth-order valence-corrected chi connectivity index (χ4v) is 5.79. The molecule has 1 aliphatic heterocycles. The largest absolute Gasteiger partial charge is 0.487 e. The third-order valence-corrected chi connectivity index (χ3v) is 8.18. The molecule has 0 fully saturated rings. The molecule has 1 aliphatic rings. The number of nitrogens with zero attached hydrogens (tertiary/aromatic N) is 3. The van der Waals surface area contributed by atoms with Crippen LogP contribution in [0.15, 0.2) is 47.4 Å². The SMILES string of the molecule is COCC(=O)N(C)C[C@@H]1Oc2cc(-c3ccc(C#N)cc3)ccc2S(=O)(=O)N([C@H](C)CO)C[C@H]1C.